The van der Waals surface area contributed by atoms with Crippen molar-refractivity contribution in [2.75, 3.05) is 12.3 Å². The zero-order chi connectivity index (χ0) is 18.5. The molecule has 1 heterocycles. The molecule has 5 nitrogen and oxygen atoms in total. The lowest BCUT2D eigenvalue weighted by Gasteiger charge is -2.24. The molecule has 0 saturated carbocycles. The summed E-state index contributed by atoms with van der Waals surface area (Å²) >= 11 is 0. The third-order valence-corrected chi connectivity index (χ3v) is 4.80. The number of anilines is 1. The van der Waals surface area contributed by atoms with Crippen LogP contribution in [0.15, 0.2) is 48.5 Å². The van der Waals surface area contributed by atoms with Gasteiger partial charge in [-0.3, -0.25) is 9.59 Å². The van der Waals surface area contributed by atoms with Crippen molar-refractivity contribution in [2.24, 2.45) is 0 Å². The number of likely N-dealkylation sites (tertiary alicyclic amines) is 1. The van der Waals surface area contributed by atoms with Crippen LogP contribution in [0, 0.1) is 6.92 Å². The Morgan fingerprint density at radius 2 is 1.77 bits per heavy atom. The predicted molar refractivity (Wildman–Crippen MR) is 102 cm³/mol. The minimum Gasteiger partial charge on any atom is -0.399 e. The Bertz CT molecular complexity index is 769. The van der Waals surface area contributed by atoms with E-state index in [-0.39, 0.29) is 17.9 Å². The second-order valence-corrected chi connectivity index (χ2v) is 6.84. The van der Waals surface area contributed by atoms with Gasteiger partial charge in [0.2, 0.25) is 11.8 Å². The molecule has 1 aliphatic heterocycles. The minimum absolute atomic E-state index is 0.0456. The molecule has 1 aliphatic rings. The third kappa shape index (κ3) is 4.42. The number of hydrogen-bond acceptors (Lipinski definition) is 3. The number of carbonyl (C=O) groups is 2. The van der Waals surface area contributed by atoms with Gasteiger partial charge in [-0.25, -0.2) is 0 Å². The van der Waals surface area contributed by atoms with Crippen LogP contribution in [0.2, 0.25) is 0 Å². The molecule has 2 amide bonds. The second kappa shape index (κ2) is 8.04. The lowest BCUT2D eigenvalue weighted by Crippen LogP contribution is -2.44. The normalized spacial score (nSPS) is 16.7. The number of hydrogen-bond donors (Lipinski definition) is 2. The third-order valence-electron chi connectivity index (χ3n) is 4.80. The van der Waals surface area contributed by atoms with Gasteiger partial charge in [0, 0.05) is 25.2 Å². The molecule has 3 rings (SSSR count). The van der Waals surface area contributed by atoms with Crippen molar-refractivity contribution in [3.05, 3.63) is 65.2 Å². The molecule has 1 atom stereocenters. The molecule has 1 saturated heterocycles. The molecule has 0 aromatic heterocycles. The van der Waals surface area contributed by atoms with Gasteiger partial charge in [0.25, 0.3) is 0 Å². The van der Waals surface area contributed by atoms with Crippen LogP contribution in [0.1, 0.15) is 29.5 Å². The molecule has 0 spiro atoms. The maximum Gasteiger partial charge on any atom is 0.242 e. The number of nitrogen functional groups attached to an aromatic ring is 1. The predicted octanol–water partition coefficient (Wildman–Crippen LogP) is 2.43. The molecule has 1 fully saturated rings. The van der Waals surface area contributed by atoms with E-state index in [0.717, 1.165) is 23.2 Å². The maximum absolute atomic E-state index is 12.6. The van der Waals surface area contributed by atoms with Crippen molar-refractivity contribution in [2.45, 2.75) is 38.8 Å². The molecule has 3 N–H and O–H groups in total. The van der Waals surface area contributed by atoms with Crippen LogP contribution in [0.3, 0.4) is 0 Å². The van der Waals surface area contributed by atoms with Crippen molar-refractivity contribution >= 4 is 17.5 Å². The second-order valence-electron chi connectivity index (χ2n) is 6.84. The van der Waals surface area contributed by atoms with Gasteiger partial charge in [-0.05, 0) is 43.0 Å². The summed E-state index contributed by atoms with van der Waals surface area (Å²) in [7, 11) is 0. The smallest absolute Gasteiger partial charge is 0.242 e. The van der Waals surface area contributed by atoms with Crippen molar-refractivity contribution in [3.63, 3.8) is 0 Å². The van der Waals surface area contributed by atoms with E-state index in [9.17, 15) is 9.59 Å². The minimum atomic E-state index is -0.379. The van der Waals surface area contributed by atoms with Crippen LogP contribution >= 0.6 is 0 Å². The summed E-state index contributed by atoms with van der Waals surface area (Å²) in [5.74, 6) is -0.0253. The highest BCUT2D eigenvalue weighted by Crippen LogP contribution is 2.22. The Morgan fingerprint density at radius 1 is 1.12 bits per heavy atom. The Hall–Kier alpha value is -2.82. The molecule has 26 heavy (non-hydrogen) atoms. The largest absolute Gasteiger partial charge is 0.399 e. The van der Waals surface area contributed by atoms with E-state index in [1.54, 1.807) is 4.90 Å². The monoisotopic (exact) mass is 351 g/mol. The van der Waals surface area contributed by atoms with Gasteiger partial charge in [0.05, 0.1) is 0 Å². The van der Waals surface area contributed by atoms with Crippen LogP contribution in [0.25, 0.3) is 0 Å². The van der Waals surface area contributed by atoms with E-state index in [2.05, 4.69) is 5.32 Å². The molecule has 0 aliphatic carbocycles. The van der Waals surface area contributed by atoms with Gasteiger partial charge in [-0.2, -0.15) is 0 Å². The summed E-state index contributed by atoms with van der Waals surface area (Å²) in [6.45, 7) is 3.06. The SMILES string of the molecule is Cc1ccc(CN2C(=O)CCC2C(=O)NCCc2ccc(N)cc2)cc1. The van der Waals surface area contributed by atoms with E-state index in [1.807, 2.05) is 55.5 Å². The average molecular weight is 351 g/mol. The van der Waals surface area contributed by atoms with Crippen LogP contribution in [-0.2, 0) is 22.6 Å². The van der Waals surface area contributed by atoms with Gasteiger partial charge in [-0.15, -0.1) is 0 Å². The van der Waals surface area contributed by atoms with E-state index < -0.39 is 0 Å². The van der Waals surface area contributed by atoms with E-state index in [1.165, 1.54) is 5.56 Å². The number of nitrogens with two attached hydrogens (primary N) is 1. The molecule has 2 aromatic rings. The Morgan fingerprint density at radius 3 is 2.46 bits per heavy atom. The lowest BCUT2D eigenvalue weighted by molar-refractivity contribution is -0.135. The van der Waals surface area contributed by atoms with Gasteiger partial charge in [-0.1, -0.05) is 42.0 Å². The van der Waals surface area contributed by atoms with E-state index in [0.29, 0.717) is 25.9 Å². The summed E-state index contributed by atoms with van der Waals surface area (Å²) in [6, 6.07) is 15.3. The fourth-order valence-corrected chi connectivity index (χ4v) is 3.23. The van der Waals surface area contributed by atoms with E-state index in [4.69, 9.17) is 5.73 Å². The van der Waals surface area contributed by atoms with Crippen LogP contribution < -0.4 is 11.1 Å². The first-order chi connectivity index (χ1) is 12.5. The van der Waals surface area contributed by atoms with Gasteiger partial charge in [0.15, 0.2) is 0 Å². The van der Waals surface area contributed by atoms with Gasteiger partial charge >= 0.3 is 0 Å². The van der Waals surface area contributed by atoms with Gasteiger partial charge < -0.3 is 16.0 Å². The first-order valence-corrected chi connectivity index (χ1v) is 9.00. The highest BCUT2D eigenvalue weighted by Gasteiger charge is 2.35. The number of amides is 2. The molecule has 2 aromatic carbocycles. The summed E-state index contributed by atoms with van der Waals surface area (Å²) in [5, 5.41) is 2.97. The highest BCUT2D eigenvalue weighted by atomic mass is 16.2. The molecule has 0 radical (unpaired) electrons. The fraction of sp³-hybridized carbons (Fsp3) is 0.333. The average Bonchev–Trinajstić information content (AvgIpc) is 2.99. The van der Waals surface area contributed by atoms with Crippen molar-refractivity contribution in [1.29, 1.82) is 0 Å². The zero-order valence-corrected chi connectivity index (χ0v) is 15.1. The first kappa shape index (κ1) is 18.0. The Kier molecular flexibility index (Phi) is 5.56. The summed E-state index contributed by atoms with van der Waals surface area (Å²) in [6.07, 6.45) is 1.75. The molecular formula is C21H25N3O2. The van der Waals surface area contributed by atoms with Gasteiger partial charge in [0.1, 0.15) is 6.04 Å². The lowest BCUT2D eigenvalue weighted by atomic mass is 10.1. The summed E-state index contributed by atoms with van der Waals surface area (Å²) in [5.41, 5.74) is 9.76. The standard InChI is InChI=1S/C21H25N3O2/c1-15-2-4-17(5-3-15)14-24-19(10-11-20(24)25)21(26)23-13-12-16-6-8-18(22)9-7-16/h2-9,19H,10-14,22H2,1H3,(H,23,26). The topological polar surface area (TPSA) is 75.4 Å². The zero-order valence-electron chi connectivity index (χ0n) is 15.1. The summed E-state index contributed by atoms with van der Waals surface area (Å²) in [4.78, 5) is 26.5. The number of benzene rings is 2. The number of nitrogens with one attached hydrogen (secondary N) is 1. The highest BCUT2D eigenvalue weighted by molar-refractivity contribution is 5.90. The van der Waals surface area contributed by atoms with Crippen molar-refractivity contribution in [3.8, 4) is 0 Å². The number of carbonyl (C=O) groups excluding carboxylic acids is 2. The molecule has 5 heteroatoms. The number of nitrogens with zero attached hydrogens (tertiary/aromatic N) is 1. The summed E-state index contributed by atoms with van der Waals surface area (Å²) < 4.78 is 0. The molecular weight excluding hydrogens is 326 g/mol. The molecule has 0 bridgehead atoms. The number of rotatable bonds is 6. The number of aryl methyl sites for hydroxylation is 1. The maximum atomic E-state index is 12.6. The van der Waals surface area contributed by atoms with Crippen molar-refractivity contribution in [1.82, 2.24) is 10.2 Å². The van der Waals surface area contributed by atoms with Crippen LogP contribution in [0.4, 0.5) is 5.69 Å². The van der Waals surface area contributed by atoms with E-state index >= 15 is 0 Å². The fourth-order valence-electron chi connectivity index (χ4n) is 3.23. The van der Waals surface area contributed by atoms with Crippen LogP contribution in [-0.4, -0.2) is 29.3 Å². The molecule has 1 unspecified atom stereocenters. The first-order valence-electron chi connectivity index (χ1n) is 9.00. The van der Waals surface area contributed by atoms with Crippen LogP contribution in [0.5, 0.6) is 0 Å². The van der Waals surface area contributed by atoms with Crippen molar-refractivity contribution < 1.29 is 9.59 Å². The Labute approximate surface area is 154 Å². The molecule has 136 valence electrons. The Balaban J connectivity index is 1.55. The quantitative estimate of drug-likeness (QED) is 0.785.